The lowest BCUT2D eigenvalue weighted by molar-refractivity contribution is -0.121. The van der Waals surface area contributed by atoms with Crippen LogP contribution in [-0.2, 0) is 4.79 Å². The maximum absolute atomic E-state index is 11.5. The zero-order valence-corrected chi connectivity index (χ0v) is 11.5. The van der Waals surface area contributed by atoms with Crippen molar-refractivity contribution in [1.29, 1.82) is 0 Å². The molecule has 1 heterocycles. The van der Waals surface area contributed by atoms with E-state index < -0.39 is 0 Å². The highest BCUT2D eigenvalue weighted by atomic mass is 32.2. The molecule has 17 heavy (non-hydrogen) atoms. The number of carbonyl (C=O) groups is 1. The average Bonchev–Trinajstić information content (AvgIpc) is 2.54. The smallest absolute Gasteiger partial charge is 0.221 e. The largest absolute Gasteiger partial charge is 0.356 e. The van der Waals surface area contributed by atoms with E-state index in [-0.39, 0.29) is 5.91 Å². The van der Waals surface area contributed by atoms with Crippen LogP contribution >= 0.6 is 11.8 Å². The third kappa shape index (κ3) is 4.18. The van der Waals surface area contributed by atoms with Crippen molar-refractivity contribution in [1.82, 2.24) is 10.6 Å². The van der Waals surface area contributed by atoms with Crippen molar-refractivity contribution < 1.29 is 4.79 Å². The number of hydrogen-bond acceptors (Lipinski definition) is 3. The molecule has 3 unspecified atom stereocenters. The molecule has 1 amide bonds. The molecule has 0 aromatic rings. The molecule has 4 heteroatoms. The zero-order valence-electron chi connectivity index (χ0n) is 10.7. The maximum atomic E-state index is 11.5. The van der Waals surface area contributed by atoms with E-state index in [1.807, 2.05) is 11.8 Å². The first kappa shape index (κ1) is 13.2. The lowest BCUT2D eigenvalue weighted by atomic mass is 9.93. The Kier molecular flexibility index (Phi) is 5.16. The summed E-state index contributed by atoms with van der Waals surface area (Å²) in [6.07, 6.45) is 10.4. The zero-order chi connectivity index (χ0) is 12.1. The quantitative estimate of drug-likeness (QED) is 0.810. The van der Waals surface area contributed by atoms with Gasteiger partial charge >= 0.3 is 0 Å². The molecule has 3 nitrogen and oxygen atoms in total. The molecular weight excluding hydrogens is 232 g/mol. The summed E-state index contributed by atoms with van der Waals surface area (Å²) < 4.78 is 0. The molecule has 2 rings (SSSR count). The number of hydrogen-bond donors (Lipinski definition) is 2. The van der Waals surface area contributed by atoms with Crippen LogP contribution < -0.4 is 10.6 Å². The van der Waals surface area contributed by atoms with E-state index in [1.54, 1.807) is 0 Å². The van der Waals surface area contributed by atoms with Gasteiger partial charge in [0, 0.05) is 30.3 Å². The summed E-state index contributed by atoms with van der Waals surface area (Å²) in [5.41, 5.74) is 0. The predicted molar refractivity (Wildman–Crippen MR) is 73.3 cm³/mol. The molecule has 2 aliphatic rings. The van der Waals surface area contributed by atoms with Gasteiger partial charge in [0.2, 0.25) is 5.91 Å². The van der Waals surface area contributed by atoms with Crippen molar-refractivity contribution in [2.24, 2.45) is 0 Å². The van der Waals surface area contributed by atoms with Crippen molar-refractivity contribution in [3.05, 3.63) is 0 Å². The van der Waals surface area contributed by atoms with Crippen LogP contribution in [0.1, 0.15) is 44.9 Å². The Morgan fingerprint density at radius 1 is 1.24 bits per heavy atom. The first-order valence-electron chi connectivity index (χ1n) is 6.83. The standard InChI is InChI=1S/C13H24N2OS/c1-17-12-6-2-4-10(8-12)15-11-5-3-7-14-13(16)9-11/h10-12,15H,2-9H2,1H3,(H,14,16). The van der Waals surface area contributed by atoms with Gasteiger partial charge in [0.1, 0.15) is 0 Å². The summed E-state index contributed by atoms with van der Waals surface area (Å²) in [7, 11) is 0. The summed E-state index contributed by atoms with van der Waals surface area (Å²) in [6, 6.07) is 1.04. The molecule has 0 bridgehead atoms. The fourth-order valence-electron chi connectivity index (χ4n) is 2.96. The number of thioether (sulfide) groups is 1. The van der Waals surface area contributed by atoms with Crippen LogP contribution in [0.4, 0.5) is 0 Å². The summed E-state index contributed by atoms with van der Waals surface area (Å²) in [4.78, 5) is 11.5. The molecule has 2 fully saturated rings. The maximum Gasteiger partial charge on any atom is 0.221 e. The van der Waals surface area contributed by atoms with Crippen molar-refractivity contribution in [2.75, 3.05) is 12.8 Å². The van der Waals surface area contributed by atoms with E-state index >= 15 is 0 Å². The van der Waals surface area contributed by atoms with E-state index in [0.29, 0.717) is 18.5 Å². The molecule has 0 spiro atoms. The molecule has 0 aromatic carbocycles. The normalized spacial score (nSPS) is 35.1. The molecule has 98 valence electrons. The van der Waals surface area contributed by atoms with Gasteiger partial charge in [-0.05, 0) is 38.4 Å². The van der Waals surface area contributed by atoms with E-state index in [0.717, 1.165) is 24.6 Å². The Balaban J connectivity index is 1.80. The Bertz CT molecular complexity index is 260. The average molecular weight is 256 g/mol. The van der Waals surface area contributed by atoms with Gasteiger partial charge in [-0.15, -0.1) is 0 Å². The Hall–Kier alpha value is -0.220. The first-order chi connectivity index (χ1) is 8.28. The summed E-state index contributed by atoms with van der Waals surface area (Å²) in [6.45, 7) is 0.856. The molecule has 2 N–H and O–H groups in total. The highest BCUT2D eigenvalue weighted by Gasteiger charge is 2.25. The van der Waals surface area contributed by atoms with Gasteiger partial charge in [0.25, 0.3) is 0 Å². The van der Waals surface area contributed by atoms with E-state index in [4.69, 9.17) is 0 Å². The monoisotopic (exact) mass is 256 g/mol. The van der Waals surface area contributed by atoms with Crippen LogP contribution in [0.3, 0.4) is 0 Å². The summed E-state index contributed by atoms with van der Waals surface area (Å²) in [5.74, 6) is 0.220. The molecule has 1 aliphatic heterocycles. The van der Waals surface area contributed by atoms with Gasteiger partial charge in [0.05, 0.1) is 0 Å². The van der Waals surface area contributed by atoms with Gasteiger partial charge in [-0.25, -0.2) is 0 Å². The SMILES string of the molecule is CSC1CCCC(NC2CCCNC(=O)C2)C1. The van der Waals surface area contributed by atoms with Crippen LogP contribution in [0.25, 0.3) is 0 Å². The lowest BCUT2D eigenvalue weighted by Gasteiger charge is -2.31. The van der Waals surface area contributed by atoms with Crippen LogP contribution in [-0.4, -0.2) is 36.0 Å². The number of amides is 1. The Labute approximate surface area is 108 Å². The van der Waals surface area contributed by atoms with Gasteiger partial charge in [0.15, 0.2) is 0 Å². The van der Waals surface area contributed by atoms with Crippen LogP contribution in [0.15, 0.2) is 0 Å². The van der Waals surface area contributed by atoms with Gasteiger partial charge in [-0.3, -0.25) is 4.79 Å². The predicted octanol–water partition coefficient (Wildman–Crippen LogP) is 1.92. The third-order valence-corrected chi connectivity index (χ3v) is 5.01. The lowest BCUT2D eigenvalue weighted by Crippen LogP contribution is -2.42. The number of nitrogens with one attached hydrogen (secondary N) is 2. The van der Waals surface area contributed by atoms with Crippen LogP contribution in [0.2, 0.25) is 0 Å². The molecule has 0 aromatic heterocycles. The third-order valence-electron chi connectivity index (χ3n) is 3.91. The fourth-order valence-corrected chi connectivity index (χ4v) is 3.79. The molecule has 1 saturated carbocycles. The van der Waals surface area contributed by atoms with E-state index in [2.05, 4.69) is 16.9 Å². The highest BCUT2D eigenvalue weighted by molar-refractivity contribution is 7.99. The molecular formula is C13H24N2OS. The second-order valence-electron chi connectivity index (χ2n) is 5.28. The Morgan fingerprint density at radius 2 is 2.06 bits per heavy atom. The van der Waals surface area contributed by atoms with Crippen molar-refractivity contribution >= 4 is 17.7 Å². The van der Waals surface area contributed by atoms with E-state index in [9.17, 15) is 4.79 Å². The second kappa shape index (κ2) is 6.64. The van der Waals surface area contributed by atoms with Crippen molar-refractivity contribution in [3.63, 3.8) is 0 Å². The molecule has 1 saturated heterocycles. The second-order valence-corrected chi connectivity index (χ2v) is 6.42. The Morgan fingerprint density at radius 3 is 2.88 bits per heavy atom. The van der Waals surface area contributed by atoms with Crippen molar-refractivity contribution in [2.45, 2.75) is 62.3 Å². The number of carbonyl (C=O) groups excluding carboxylic acids is 1. The minimum absolute atomic E-state index is 0.220. The summed E-state index contributed by atoms with van der Waals surface area (Å²) in [5, 5.41) is 7.49. The van der Waals surface area contributed by atoms with Crippen LogP contribution in [0.5, 0.6) is 0 Å². The van der Waals surface area contributed by atoms with Crippen LogP contribution in [0, 0.1) is 0 Å². The highest BCUT2D eigenvalue weighted by Crippen LogP contribution is 2.27. The molecule has 0 radical (unpaired) electrons. The topological polar surface area (TPSA) is 41.1 Å². The molecule has 1 aliphatic carbocycles. The minimum atomic E-state index is 0.220. The summed E-state index contributed by atoms with van der Waals surface area (Å²) >= 11 is 2.00. The molecule has 3 atom stereocenters. The fraction of sp³-hybridized carbons (Fsp3) is 0.923. The van der Waals surface area contributed by atoms with E-state index in [1.165, 1.54) is 25.7 Å². The van der Waals surface area contributed by atoms with Gasteiger partial charge < -0.3 is 10.6 Å². The van der Waals surface area contributed by atoms with Gasteiger partial charge in [-0.2, -0.15) is 11.8 Å². The minimum Gasteiger partial charge on any atom is -0.356 e. The van der Waals surface area contributed by atoms with Gasteiger partial charge in [-0.1, -0.05) is 6.42 Å². The van der Waals surface area contributed by atoms with Crippen molar-refractivity contribution in [3.8, 4) is 0 Å². The first-order valence-corrected chi connectivity index (χ1v) is 8.12. The number of rotatable bonds is 3.